The van der Waals surface area contributed by atoms with Gasteiger partial charge in [0.25, 0.3) is 0 Å². The standard InChI is InChI=1S/C24H24Cl2N4O2/c1-14-21(16-6-4-7-17(25)20(16)26)29-18(13-31)23(28-14)30-11-9-24(10-12-30)22(27)15-5-2-3-8-19(15)32-24/h2-8,22,31H,9-13,27H2,1H3/t22-/m1/s1. The van der Waals surface area contributed by atoms with Gasteiger partial charge in [-0.1, -0.05) is 53.5 Å². The zero-order chi connectivity index (χ0) is 22.5. The molecule has 0 bridgehead atoms. The number of halogens is 2. The first kappa shape index (κ1) is 21.5. The molecule has 1 atom stereocenters. The predicted molar refractivity (Wildman–Crippen MR) is 126 cm³/mol. The van der Waals surface area contributed by atoms with Crippen LogP contribution in [0.25, 0.3) is 11.3 Å². The van der Waals surface area contributed by atoms with Gasteiger partial charge < -0.3 is 20.5 Å². The summed E-state index contributed by atoms with van der Waals surface area (Å²) >= 11 is 12.6. The number of para-hydroxylation sites is 1. The van der Waals surface area contributed by atoms with Crippen molar-refractivity contribution in [2.45, 2.75) is 38.0 Å². The van der Waals surface area contributed by atoms with Crippen LogP contribution in [0.2, 0.25) is 10.0 Å². The fraction of sp³-hybridized carbons (Fsp3) is 0.333. The highest BCUT2D eigenvalue weighted by atomic mass is 35.5. The number of nitrogens with two attached hydrogens (primary N) is 1. The quantitative estimate of drug-likeness (QED) is 0.577. The maximum Gasteiger partial charge on any atom is 0.153 e. The second-order valence-corrected chi connectivity index (χ2v) is 9.14. The predicted octanol–water partition coefficient (Wildman–Crippen LogP) is 4.68. The summed E-state index contributed by atoms with van der Waals surface area (Å²) in [4.78, 5) is 11.7. The minimum atomic E-state index is -0.406. The molecule has 32 heavy (non-hydrogen) atoms. The second-order valence-electron chi connectivity index (χ2n) is 8.36. The topological polar surface area (TPSA) is 84.5 Å². The first-order valence-electron chi connectivity index (χ1n) is 10.6. The van der Waals surface area contributed by atoms with Crippen molar-refractivity contribution in [3.63, 3.8) is 0 Å². The van der Waals surface area contributed by atoms with Crippen LogP contribution in [0.15, 0.2) is 42.5 Å². The van der Waals surface area contributed by atoms with Crippen LogP contribution in [0.4, 0.5) is 5.82 Å². The van der Waals surface area contributed by atoms with Gasteiger partial charge in [-0.3, -0.25) is 0 Å². The summed E-state index contributed by atoms with van der Waals surface area (Å²) < 4.78 is 6.35. The number of hydrogen-bond acceptors (Lipinski definition) is 6. The van der Waals surface area contributed by atoms with E-state index in [1.807, 2.05) is 43.3 Å². The summed E-state index contributed by atoms with van der Waals surface area (Å²) in [5.41, 5.74) is 9.81. The number of rotatable bonds is 3. The first-order chi connectivity index (χ1) is 15.4. The van der Waals surface area contributed by atoms with E-state index >= 15 is 0 Å². The van der Waals surface area contributed by atoms with Crippen molar-refractivity contribution in [1.29, 1.82) is 0 Å². The minimum absolute atomic E-state index is 0.154. The third kappa shape index (κ3) is 3.42. The van der Waals surface area contributed by atoms with E-state index in [-0.39, 0.29) is 12.6 Å². The van der Waals surface area contributed by atoms with Crippen molar-refractivity contribution in [1.82, 2.24) is 9.97 Å². The molecule has 6 nitrogen and oxygen atoms in total. The largest absolute Gasteiger partial charge is 0.485 e. The molecule has 1 spiro atoms. The van der Waals surface area contributed by atoms with E-state index in [1.54, 1.807) is 6.07 Å². The number of ether oxygens (including phenoxy) is 1. The van der Waals surface area contributed by atoms with Gasteiger partial charge in [0.1, 0.15) is 17.0 Å². The third-order valence-electron chi connectivity index (χ3n) is 6.52. The summed E-state index contributed by atoms with van der Waals surface area (Å²) in [6.07, 6.45) is 1.52. The Bertz CT molecular complexity index is 1180. The van der Waals surface area contributed by atoms with E-state index in [0.29, 0.717) is 45.9 Å². The number of fused-ring (bicyclic) bond motifs is 1. The molecule has 2 aliphatic heterocycles. The molecule has 0 saturated carbocycles. The molecule has 1 saturated heterocycles. The summed E-state index contributed by atoms with van der Waals surface area (Å²) in [5.74, 6) is 1.56. The van der Waals surface area contributed by atoms with Crippen molar-refractivity contribution in [2.75, 3.05) is 18.0 Å². The van der Waals surface area contributed by atoms with Gasteiger partial charge in [-0.15, -0.1) is 0 Å². The van der Waals surface area contributed by atoms with Crippen molar-refractivity contribution >= 4 is 29.0 Å². The molecule has 0 amide bonds. The van der Waals surface area contributed by atoms with Gasteiger partial charge in [-0.25, -0.2) is 9.97 Å². The highest BCUT2D eigenvalue weighted by Gasteiger charge is 2.48. The average Bonchev–Trinajstić information content (AvgIpc) is 3.07. The smallest absolute Gasteiger partial charge is 0.153 e. The Kier molecular flexibility index (Phi) is 5.50. The van der Waals surface area contributed by atoms with E-state index in [1.165, 1.54) is 0 Å². The molecule has 0 unspecified atom stereocenters. The van der Waals surface area contributed by atoms with Crippen LogP contribution in [0.3, 0.4) is 0 Å². The lowest BCUT2D eigenvalue weighted by atomic mass is 9.83. The Morgan fingerprint density at radius 1 is 1.12 bits per heavy atom. The van der Waals surface area contributed by atoms with Crippen LogP contribution in [-0.4, -0.2) is 33.8 Å². The zero-order valence-corrected chi connectivity index (χ0v) is 19.2. The maximum atomic E-state index is 10.1. The molecule has 3 aromatic rings. The Hall–Kier alpha value is -2.38. The lowest BCUT2D eigenvalue weighted by Gasteiger charge is -2.41. The number of benzene rings is 2. The Morgan fingerprint density at radius 2 is 1.88 bits per heavy atom. The fourth-order valence-corrected chi connectivity index (χ4v) is 5.14. The molecule has 2 aliphatic rings. The number of aryl methyl sites for hydroxylation is 1. The van der Waals surface area contributed by atoms with Crippen molar-refractivity contribution < 1.29 is 9.84 Å². The Labute approximate surface area is 197 Å². The van der Waals surface area contributed by atoms with E-state index in [2.05, 4.69) is 4.90 Å². The minimum Gasteiger partial charge on any atom is -0.485 e. The van der Waals surface area contributed by atoms with Gasteiger partial charge in [0.15, 0.2) is 5.82 Å². The number of anilines is 1. The normalized spacial score (nSPS) is 19.2. The van der Waals surface area contributed by atoms with E-state index in [4.69, 9.17) is 43.6 Å². The number of hydrogen-bond donors (Lipinski definition) is 2. The van der Waals surface area contributed by atoms with Crippen molar-refractivity contribution in [3.05, 3.63) is 69.5 Å². The van der Waals surface area contributed by atoms with Gasteiger partial charge in [-0.05, 0) is 19.1 Å². The van der Waals surface area contributed by atoms with Gasteiger partial charge >= 0.3 is 0 Å². The van der Waals surface area contributed by atoms with Crippen LogP contribution >= 0.6 is 23.2 Å². The number of piperidine rings is 1. The SMILES string of the molecule is Cc1nc(N2CCC3(CC2)Oc2ccccc2[C@H]3N)c(CO)nc1-c1cccc(Cl)c1Cl. The molecular formula is C24H24Cl2N4O2. The summed E-state index contributed by atoms with van der Waals surface area (Å²) in [6.45, 7) is 3.08. The molecule has 3 N–H and O–H groups in total. The van der Waals surface area contributed by atoms with Gasteiger partial charge in [0, 0.05) is 37.1 Å². The van der Waals surface area contributed by atoms with Crippen molar-refractivity contribution in [3.8, 4) is 17.0 Å². The number of nitrogens with zero attached hydrogens (tertiary/aromatic N) is 3. The maximum absolute atomic E-state index is 10.1. The fourth-order valence-electron chi connectivity index (χ4n) is 4.75. The summed E-state index contributed by atoms with van der Waals surface area (Å²) in [6, 6.07) is 13.2. The van der Waals surface area contributed by atoms with E-state index in [9.17, 15) is 5.11 Å². The van der Waals surface area contributed by atoms with Crippen molar-refractivity contribution in [2.24, 2.45) is 5.73 Å². The molecule has 0 radical (unpaired) electrons. The zero-order valence-electron chi connectivity index (χ0n) is 17.7. The average molecular weight is 471 g/mol. The molecule has 0 aliphatic carbocycles. The lowest BCUT2D eigenvalue weighted by Crippen LogP contribution is -2.51. The highest BCUT2D eigenvalue weighted by Crippen LogP contribution is 2.47. The van der Waals surface area contributed by atoms with Gasteiger partial charge in [-0.2, -0.15) is 0 Å². The molecular weight excluding hydrogens is 447 g/mol. The van der Waals surface area contributed by atoms with Crippen LogP contribution in [-0.2, 0) is 6.61 Å². The monoisotopic (exact) mass is 470 g/mol. The molecule has 1 aromatic heterocycles. The second kappa shape index (κ2) is 8.19. The van der Waals surface area contributed by atoms with Crippen LogP contribution in [0.5, 0.6) is 5.75 Å². The third-order valence-corrected chi connectivity index (χ3v) is 7.34. The molecule has 1 fully saturated rings. The van der Waals surface area contributed by atoms with Gasteiger partial charge in [0.2, 0.25) is 0 Å². The number of aliphatic hydroxyl groups excluding tert-OH is 1. The highest BCUT2D eigenvalue weighted by molar-refractivity contribution is 6.43. The summed E-state index contributed by atoms with van der Waals surface area (Å²) in [5, 5.41) is 10.9. The molecule has 166 valence electrons. The molecule has 5 rings (SSSR count). The number of aromatic nitrogens is 2. The molecule has 3 heterocycles. The van der Waals surface area contributed by atoms with Crippen LogP contribution in [0.1, 0.15) is 35.8 Å². The molecule has 8 heteroatoms. The first-order valence-corrected chi connectivity index (χ1v) is 11.4. The van der Waals surface area contributed by atoms with Crippen LogP contribution < -0.4 is 15.4 Å². The Balaban J connectivity index is 1.42. The van der Waals surface area contributed by atoms with E-state index in [0.717, 1.165) is 29.8 Å². The van der Waals surface area contributed by atoms with Crippen LogP contribution in [0, 0.1) is 6.92 Å². The number of aliphatic hydroxyl groups is 1. The Morgan fingerprint density at radius 3 is 2.59 bits per heavy atom. The lowest BCUT2D eigenvalue weighted by molar-refractivity contribution is 0.0430. The summed E-state index contributed by atoms with van der Waals surface area (Å²) in [7, 11) is 0. The van der Waals surface area contributed by atoms with E-state index < -0.39 is 5.60 Å². The molecule has 2 aromatic carbocycles. The van der Waals surface area contributed by atoms with Gasteiger partial charge in [0.05, 0.1) is 34.1 Å².